The van der Waals surface area contributed by atoms with Gasteiger partial charge in [-0.3, -0.25) is 4.79 Å². The van der Waals surface area contributed by atoms with Gasteiger partial charge < -0.3 is 14.8 Å². The summed E-state index contributed by atoms with van der Waals surface area (Å²) in [6.45, 7) is 0. The van der Waals surface area contributed by atoms with E-state index >= 15 is 0 Å². The van der Waals surface area contributed by atoms with Crippen molar-refractivity contribution >= 4 is 35.0 Å². The van der Waals surface area contributed by atoms with Crippen molar-refractivity contribution in [2.24, 2.45) is 0 Å². The van der Waals surface area contributed by atoms with Crippen LogP contribution in [0, 0.1) is 5.82 Å². The van der Waals surface area contributed by atoms with Gasteiger partial charge in [0.25, 0.3) is 0 Å². The Labute approximate surface area is 159 Å². The zero-order valence-electron chi connectivity index (χ0n) is 14.4. The number of carbonyl (C=O) groups excluding carboxylic acids is 3. The number of nitrogens with one attached hydrogen (secondary N) is 1. The number of ketones is 1. The first kappa shape index (κ1) is 20.1. The van der Waals surface area contributed by atoms with E-state index < -0.39 is 23.5 Å². The molecule has 0 aliphatic carbocycles. The lowest BCUT2D eigenvalue weighted by Gasteiger charge is -2.13. The highest BCUT2D eigenvalue weighted by Crippen LogP contribution is 2.25. The van der Waals surface area contributed by atoms with Gasteiger partial charge in [-0.15, -0.1) is 0 Å². The second-order valence-corrected chi connectivity index (χ2v) is 5.66. The van der Waals surface area contributed by atoms with Crippen molar-refractivity contribution in [1.29, 1.82) is 0 Å². The predicted octanol–water partition coefficient (Wildman–Crippen LogP) is 3.35. The summed E-state index contributed by atoms with van der Waals surface area (Å²) < 4.78 is 22.2. The summed E-state index contributed by atoms with van der Waals surface area (Å²) in [6.07, 6.45) is 0.895. The van der Waals surface area contributed by atoms with Crippen LogP contribution in [0.4, 0.5) is 10.1 Å². The Morgan fingerprint density at radius 2 is 1.70 bits per heavy atom. The van der Waals surface area contributed by atoms with Crippen molar-refractivity contribution in [2.45, 2.75) is 0 Å². The van der Waals surface area contributed by atoms with Crippen LogP contribution in [0.25, 0.3) is 0 Å². The summed E-state index contributed by atoms with van der Waals surface area (Å²) >= 11 is 5.99. The van der Waals surface area contributed by atoms with E-state index in [1.165, 1.54) is 30.3 Å². The summed E-state index contributed by atoms with van der Waals surface area (Å²) in [7, 11) is 2.29. The molecular formula is C19H15ClFNO5. The smallest absolute Gasteiger partial charge is 0.354 e. The van der Waals surface area contributed by atoms with Crippen molar-refractivity contribution in [3.63, 3.8) is 0 Å². The molecule has 0 spiro atoms. The molecule has 0 bridgehead atoms. The zero-order valence-corrected chi connectivity index (χ0v) is 15.2. The van der Waals surface area contributed by atoms with Crippen LogP contribution < -0.4 is 5.32 Å². The topological polar surface area (TPSA) is 81.7 Å². The van der Waals surface area contributed by atoms with Crippen molar-refractivity contribution in [1.82, 2.24) is 0 Å². The summed E-state index contributed by atoms with van der Waals surface area (Å²) in [5.41, 5.74) is 0.307. The molecule has 0 unspecified atom stereocenters. The average molecular weight is 392 g/mol. The van der Waals surface area contributed by atoms with Gasteiger partial charge in [0.1, 0.15) is 11.5 Å². The molecule has 0 saturated heterocycles. The Bertz CT molecular complexity index is 909. The van der Waals surface area contributed by atoms with Crippen LogP contribution in [-0.4, -0.2) is 31.9 Å². The zero-order chi connectivity index (χ0) is 20.0. The summed E-state index contributed by atoms with van der Waals surface area (Å²) in [5.74, 6) is -2.56. The molecule has 6 nitrogen and oxygen atoms in total. The van der Waals surface area contributed by atoms with E-state index in [-0.39, 0.29) is 27.5 Å². The van der Waals surface area contributed by atoms with Crippen molar-refractivity contribution < 1.29 is 28.2 Å². The Morgan fingerprint density at radius 1 is 1.04 bits per heavy atom. The first-order chi connectivity index (χ1) is 12.8. The highest BCUT2D eigenvalue weighted by Gasteiger charge is 2.19. The van der Waals surface area contributed by atoms with Crippen molar-refractivity contribution in [3.05, 3.63) is 76.2 Å². The number of hydrogen-bond acceptors (Lipinski definition) is 6. The molecule has 27 heavy (non-hydrogen) atoms. The van der Waals surface area contributed by atoms with Crippen LogP contribution in [0.1, 0.15) is 15.9 Å². The Morgan fingerprint density at radius 3 is 2.30 bits per heavy atom. The Balaban J connectivity index is 2.46. The Kier molecular flexibility index (Phi) is 6.67. The number of esters is 2. The molecule has 0 saturated carbocycles. The summed E-state index contributed by atoms with van der Waals surface area (Å²) in [6, 6.07) is 9.32. The van der Waals surface area contributed by atoms with Gasteiger partial charge in [-0.1, -0.05) is 11.6 Å². The number of benzene rings is 2. The minimum Gasteiger partial charge on any atom is -0.466 e. The van der Waals surface area contributed by atoms with Gasteiger partial charge in [0.2, 0.25) is 0 Å². The van der Waals surface area contributed by atoms with Crippen molar-refractivity contribution in [3.8, 4) is 0 Å². The molecule has 0 aromatic heterocycles. The molecule has 140 valence electrons. The molecule has 0 amide bonds. The van der Waals surface area contributed by atoms with Crippen LogP contribution in [-0.2, 0) is 19.1 Å². The van der Waals surface area contributed by atoms with E-state index in [4.69, 9.17) is 11.6 Å². The lowest BCUT2D eigenvalue weighted by Crippen LogP contribution is -2.17. The molecule has 1 N–H and O–H groups in total. The normalized spacial score (nSPS) is 10.9. The maximum Gasteiger partial charge on any atom is 0.354 e. The van der Waals surface area contributed by atoms with Crippen LogP contribution in [0.5, 0.6) is 0 Å². The largest absolute Gasteiger partial charge is 0.466 e. The third kappa shape index (κ3) is 5.15. The van der Waals surface area contributed by atoms with Crippen LogP contribution in [0.3, 0.4) is 0 Å². The van der Waals surface area contributed by atoms with E-state index in [0.29, 0.717) is 0 Å². The molecule has 2 aromatic rings. The maximum atomic E-state index is 13.1. The number of anilines is 1. The van der Waals surface area contributed by atoms with Crippen LogP contribution >= 0.6 is 11.6 Å². The standard InChI is InChI=1S/C19H15ClFNO5/c1-26-17(23)10-16(19(25)27-2)22-15-8-5-12(20)9-14(15)18(24)11-3-6-13(21)7-4-11/h3-10,22H,1-2H3/b16-10+. The fourth-order valence-electron chi connectivity index (χ4n) is 2.15. The quantitative estimate of drug-likeness (QED) is 0.462. The van der Waals surface area contributed by atoms with E-state index in [9.17, 15) is 18.8 Å². The fraction of sp³-hybridized carbons (Fsp3) is 0.105. The van der Waals surface area contributed by atoms with E-state index in [0.717, 1.165) is 32.4 Å². The lowest BCUT2D eigenvalue weighted by molar-refractivity contribution is -0.138. The molecule has 0 aliphatic heterocycles. The molecule has 2 aromatic carbocycles. The first-order valence-electron chi connectivity index (χ1n) is 7.60. The van der Waals surface area contributed by atoms with Gasteiger partial charge in [-0.05, 0) is 42.5 Å². The summed E-state index contributed by atoms with van der Waals surface area (Å²) in [5, 5.41) is 2.97. The predicted molar refractivity (Wildman–Crippen MR) is 97.0 cm³/mol. The van der Waals surface area contributed by atoms with Crippen molar-refractivity contribution in [2.75, 3.05) is 19.5 Å². The monoisotopic (exact) mass is 391 g/mol. The number of methoxy groups -OCH3 is 2. The minimum atomic E-state index is -0.837. The van der Waals surface area contributed by atoms with Gasteiger partial charge in [-0.25, -0.2) is 14.0 Å². The highest BCUT2D eigenvalue weighted by atomic mass is 35.5. The lowest BCUT2D eigenvalue weighted by atomic mass is 10.0. The van der Waals surface area contributed by atoms with Gasteiger partial charge in [-0.2, -0.15) is 0 Å². The molecule has 0 atom stereocenters. The van der Waals surface area contributed by atoms with Gasteiger partial charge in [0.05, 0.1) is 26.0 Å². The first-order valence-corrected chi connectivity index (χ1v) is 7.98. The van der Waals surface area contributed by atoms with Crippen LogP contribution in [0.15, 0.2) is 54.2 Å². The fourth-order valence-corrected chi connectivity index (χ4v) is 2.32. The third-order valence-electron chi connectivity index (χ3n) is 3.47. The summed E-state index contributed by atoms with van der Waals surface area (Å²) in [4.78, 5) is 36.2. The van der Waals surface area contributed by atoms with Gasteiger partial charge in [0.15, 0.2) is 5.78 Å². The molecule has 2 rings (SSSR count). The number of ether oxygens (including phenoxy) is 2. The van der Waals surface area contributed by atoms with Gasteiger partial charge >= 0.3 is 11.9 Å². The van der Waals surface area contributed by atoms with Crippen LogP contribution in [0.2, 0.25) is 5.02 Å². The molecule has 8 heteroatoms. The molecular weight excluding hydrogens is 377 g/mol. The van der Waals surface area contributed by atoms with E-state index in [1.54, 1.807) is 0 Å². The number of hydrogen-bond donors (Lipinski definition) is 1. The third-order valence-corrected chi connectivity index (χ3v) is 3.71. The number of rotatable bonds is 6. The minimum absolute atomic E-state index is 0.119. The van der Waals surface area contributed by atoms with Gasteiger partial charge in [0, 0.05) is 16.1 Å². The van der Waals surface area contributed by atoms with E-state index in [1.807, 2.05) is 0 Å². The number of halogens is 2. The molecule has 0 radical (unpaired) electrons. The van der Waals surface area contributed by atoms with E-state index in [2.05, 4.69) is 14.8 Å². The number of carbonyl (C=O) groups is 3. The molecule has 0 aliphatic rings. The Hall–Kier alpha value is -3.19. The second kappa shape index (κ2) is 8.95. The second-order valence-electron chi connectivity index (χ2n) is 5.22. The highest BCUT2D eigenvalue weighted by molar-refractivity contribution is 6.31. The average Bonchev–Trinajstić information content (AvgIpc) is 2.67. The SMILES string of the molecule is COC(=O)/C=C(/Nc1ccc(Cl)cc1C(=O)c1ccc(F)cc1)C(=O)OC. The maximum absolute atomic E-state index is 13.1. The molecule has 0 heterocycles. The molecule has 0 fully saturated rings.